The van der Waals surface area contributed by atoms with E-state index in [9.17, 15) is 4.79 Å². The lowest BCUT2D eigenvalue weighted by molar-refractivity contribution is 0.0954. The topological polar surface area (TPSA) is 83.8 Å². The Morgan fingerprint density at radius 2 is 2.29 bits per heavy atom. The number of nitrogens with one attached hydrogen (secondary N) is 2. The largest absolute Gasteiger partial charge is 0.395 e. The van der Waals surface area contributed by atoms with E-state index in [1.54, 1.807) is 0 Å². The second-order valence-corrected chi connectivity index (χ2v) is 4.67. The normalized spacial score (nSPS) is 14.5. The van der Waals surface area contributed by atoms with Crippen molar-refractivity contribution in [2.75, 3.05) is 12.3 Å². The highest BCUT2D eigenvalue weighted by atomic mass is 16.1. The van der Waals surface area contributed by atoms with E-state index < -0.39 is 0 Å². The number of carbonyl (C=O) groups excluding carboxylic acids is 1. The molecule has 0 aliphatic heterocycles. The molecule has 1 fully saturated rings. The van der Waals surface area contributed by atoms with Gasteiger partial charge in [0.2, 0.25) is 0 Å². The summed E-state index contributed by atoms with van der Waals surface area (Å²) >= 11 is 0. The number of H-pyrrole nitrogens is 1. The second-order valence-electron chi connectivity index (χ2n) is 4.67. The first kappa shape index (κ1) is 11.7. The molecule has 0 radical (unpaired) electrons. The van der Waals surface area contributed by atoms with E-state index >= 15 is 0 Å². The maximum atomic E-state index is 11.8. The zero-order chi connectivity index (χ0) is 12.4. The van der Waals surface area contributed by atoms with Gasteiger partial charge in [0.15, 0.2) is 5.69 Å². The maximum Gasteiger partial charge on any atom is 0.274 e. The van der Waals surface area contributed by atoms with E-state index in [4.69, 9.17) is 5.73 Å². The number of hydrogen-bond donors (Lipinski definition) is 3. The highest BCUT2D eigenvalue weighted by Crippen LogP contribution is 2.42. The van der Waals surface area contributed by atoms with Crippen LogP contribution in [0.2, 0.25) is 0 Å². The number of anilines is 1. The molecule has 0 aromatic carbocycles. The van der Waals surface area contributed by atoms with Gasteiger partial charge in [-0.2, -0.15) is 5.10 Å². The summed E-state index contributed by atoms with van der Waals surface area (Å²) in [5.41, 5.74) is 8.80. The fourth-order valence-corrected chi connectivity index (χ4v) is 1.65. The summed E-state index contributed by atoms with van der Waals surface area (Å²) in [4.78, 5) is 11.8. The molecular formula is C12H18N4O. The van der Waals surface area contributed by atoms with Crippen LogP contribution in [0.1, 0.15) is 48.8 Å². The van der Waals surface area contributed by atoms with Crippen molar-refractivity contribution in [2.24, 2.45) is 0 Å². The van der Waals surface area contributed by atoms with Gasteiger partial charge >= 0.3 is 0 Å². The summed E-state index contributed by atoms with van der Waals surface area (Å²) in [6, 6.07) is 0. The van der Waals surface area contributed by atoms with Gasteiger partial charge in [0.25, 0.3) is 5.91 Å². The molecule has 1 amide bonds. The van der Waals surface area contributed by atoms with E-state index in [0.717, 1.165) is 18.5 Å². The Morgan fingerprint density at radius 3 is 2.88 bits per heavy atom. The van der Waals surface area contributed by atoms with Crippen LogP contribution in [0.3, 0.4) is 0 Å². The zero-order valence-corrected chi connectivity index (χ0v) is 10.2. The van der Waals surface area contributed by atoms with Crippen LogP contribution in [0, 0.1) is 0 Å². The molecule has 0 saturated heterocycles. The van der Waals surface area contributed by atoms with E-state index in [-0.39, 0.29) is 5.91 Å². The van der Waals surface area contributed by atoms with Gasteiger partial charge in [0.05, 0.1) is 11.4 Å². The van der Waals surface area contributed by atoms with Crippen LogP contribution in [0.25, 0.3) is 0 Å². The van der Waals surface area contributed by atoms with Crippen molar-refractivity contribution in [2.45, 2.75) is 32.6 Å². The Bertz CT molecular complexity index is 453. The van der Waals surface area contributed by atoms with Gasteiger partial charge < -0.3 is 11.1 Å². The number of aromatic nitrogens is 2. The van der Waals surface area contributed by atoms with Crippen LogP contribution in [-0.2, 0) is 0 Å². The summed E-state index contributed by atoms with van der Waals surface area (Å²) in [6.45, 7) is 4.48. The van der Waals surface area contributed by atoms with Crippen molar-refractivity contribution >= 4 is 11.6 Å². The predicted molar refractivity (Wildman–Crippen MR) is 66.7 cm³/mol. The van der Waals surface area contributed by atoms with Crippen molar-refractivity contribution in [3.8, 4) is 0 Å². The van der Waals surface area contributed by atoms with Gasteiger partial charge in [-0.15, -0.1) is 0 Å². The average Bonchev–Trinajstić information content (AvgIpc) is 3.02. The minimum absolute atomic E-state index is 0.219. The van der Waals surface area contributed by atoms with Crippen LogP contribution in [-0.4, -0.2) is 22.6 Å². The summed E-state index contributed by atoms with van der Waals surface area (Å²) in [6.07, 6.45) is 4.21. The minimum atomic E-state index is -0.219. The highest BCUT2D eigenvalue weighted by Gasteiger charge is 2.30. The van der Waals surface area contributed by atoms with Gasteiger partial charge in [-0.3, -0.25) is 9.89 Å². The molecule has 0 unspecified atom stereocenters. The molecule has 1 aromatic heterocycles. The van der Waals surface area contributed by atoms with Crippen molar-refractivity contribution in [3.63, 3.8) is 0 Å². The number of aromatic amines is 1. The van der Waals surface area contributed by atoms with Crippen molar-refractivity contribution in [3.05, 3.63) is 23.0 Å². The smallest absolute Gasteiger partial charge is 0.274 e. The number of amides is 1. The lowest BCUT2D eigenvalue weighted by atomic mass is 10.2. The van der Waals surface area contributed by atoms with Gasteiger partial charge in [-0.05, 0) is 26.7 Å². The predicted octanol–water partition coefficient (Wildman–Crippen LogP) is 1.57. The zero-order valence-electron chi connectivity index (χ0n) is 10.2. The van der Waals surface area contributed by atoms with E-state index in [1.807, 2.05) is 19.9 Å². The molecule has 5 heteroatoms. The molecule has 1 aliphatic rings. The monoisotopic (exact) mass is 234 g/mol. The molecule has 2 rings (SSSR count). The summed E-state index contributed by atoms with van der Waals surface area (Å²) in [7, 11) is 0. The van der Waals surface area contributed by atoms with Crippen LogP contribution < -0.4 is 11.1 Å². The van der Waals surface area contributed by atoms with Gasteiger partial charge in [0, 0.05) is 12.5 Å². The number of hydrogen-bond acceptors (Lipinski definition) is 3. The molecule has 17 heavy (non-hydrogen) atoms. The maximum absolute atomic E-state index is 11.8. The third-order valence-electron chi connectivity index (χ3n) is 2.81. The molecule has 0 spiro atoms. The van der Waals surface area contributed by atoms with Gasteiger partial charge in [-0.1, -0.05) is 11.6 Å². The van der Waals surface area contributed by atoms with E-state index in [2.05, 4.69) is 15.5 Å². The molecule has 1 aromatic rings. The Hall–Kier alpha value is -1.78. The summed E-state index contributed by atoms with van der Waals surface area (Å²) in [5, 5.41) is 9.62. The van der Waals surface area contributed by atoms with E-state index in [1.165, 1.54) is 5.57 Å². The standard InChI is InChI=1S/C12H18N4O/c1-7(2)5-6-14-12(17)11-9(13)10(15-16-11)8-3-4-8/h5,8H,3-4,6,13H2,1-2H3,(H,14,17)(H,15,16). The first-order chi connectivity index (χ1) is 8.09. The fourth-order valence-electron chi connectivity index (χ4n) is 1.65. The summed E-state index contributed by atoms with van der Waals surface area (Å²) < 4.78 is 0. The SMILES string of the molecule is CC(C)=CCNC(=O)c1n[nH]c(C2CC2)c1N. The molecule has 5 nitrogen and oxygen atoms in total. The minimum Gasteiger partial charge on any atom is -0.395 e. The molecule has 0 bridgehead atoms. The molecule has 0 atom stereocenters. The first-order valence-electron chi connectivity index (χ1n) is 5.85. The Balaban J connectivity index is 2.01. The number of allylic oxidation sites excluding steroid dienone is 1. The van der Waals surface area contributed by atoms with Gasteiger partial charge in [-0.25, -0.2) is 0 Å². The summed E-state index contributed by atoms with van der Waals surface area (Å²) in [5.74, 6) is 0.255. The third-order valence-corrected chi connectivity index (χ3v) is 2.81. The molecular weight excluding hydrogens is 216 g/mol. The number of nitrogen functional groups attached to an aromatic ring is 1. The molecule has 1 saturated carbocycles. The van der Waals surface area contributed by atoms with Gasteiger partial charge in [0.1, 0.15) is 0 Å². The van der Waals surface area contributed by atoms with Crippen LogP contribution in [0.15, 0.2) is 11.6 Å². The number of nitrogens with zero attached hydrogens (tertiary/aromatic N) is 1. The number of rotatable bonds is 4. The van der Waals surface area contributed by atoms with E-state index in [0.29, 0.717) is 23.8 Å². The van der Waals surface area contributed by atoms with Crippen LogP contribution in [0.4, 0.5) is 5.69 Å². The molecule has 92 valence electrons. The highest BCUT2D eigenvalue weighted by molar-refractivity contribution is 5.97. The second kappa shape index (κ2) is 4.61. The lowest BCUT2D eigenvalue weighted by Gasteiger charge is -2.01. The fraction of sp³-hybridized carbons (Fsp3) is 0.500. The third kappa shape index (κ3) is 2.67. The molecule has 1 aliphatic carbocycles. The number of nitrogens with two attached hydrogens (primary N) is 1. The Labute approximate surface area is 100 Å². The lowest BCUT2D eigenvalue weighted by Crippen LogP contribution is -2.24. The Morgan fingerprint density at radius 1 is 1.59 bits per heavy atom. The first-order valence-corrected chi connectivity index (χ1v) is 5.85. The number of carbonyl (C=O) groups is 1. The molecule has 4 N–H and O–H groups in total. The van der Waals surface area contributed by atoms with Crippen LogP contribution in [0.5, 0.6) is 0 Å². The van der Waals surface area contributed by atoms with Crippen molar-refractivity contribution in [1.82, 2.24) is 15.5 Å². The van der Waals surface area contributed by atoms with Crippen LogP contribution >= 0.6 is 0 Å². The Kier molecular flexibility index (Phi) is 3.17. The van der Waals surface area contributed by atoms with Crippen molar-refractivity contribution in [1.29, 1.82) is 0 Å². The quantitative estimate of drug-likeness (QED) is 0.691. The average molecular weight is 234 g/mol. The van der Waals surface area contributed by atoms with Crippen molar-refractivity contribution < 1.29 is 4.79 Å². The molecule has 1 heterocycles.